The van der Waals surface area contributed by atoms with Gasteiger partial charge >= 0.3 is 0 Å². The third kappa shape index (κ3) is 5.26. The molecule has 0 unspecified atom stereocenters. The van der Waals surface area contributed by atoms with E-state index < -0.39 is 17.5 Å². The van der Waals surface area contributed by atoms with Crippen LogP contribution >= 0.6 is 11.9 Å². The van der Waals surface area contributed by atoms with Crippen LogP contribution in [0.2, 0.25) is 0 Å². The summed E-state index contributed by atoms with van der Waals surface area (Å²) in [6, 6.07) is 18.2. The Morgan fingerprint density at radius 2 is 1.53 bits per heavy atom. The summed E-state index contributed by atoms with van der Waals surface area (Å²) in [4.78, 5) is 34.5. The van der Waals surface area contributed by atoms with Gasteiger partial charge in [-0.15, -0.1) is 0 Å². The number of nitrogens with zero attached hydrogens (tertiary/aromatic N) is 3. The predicted molar refractivity (Wildman–Crippen MR) is 142 cm³/mol. The molecule has 2 amide bonds. The van der Waals surface area contributed by atoms with Gasteiger partial charge in [0.2, 0.25) is 0 Å². The number of methoxy groups -OCH3 is 1. The molecule has 194 valence electrons. The van der Waals surface area contributed by atoms with Gasteiger partial charge in [-0.2, -0.15) is 0 Å². The van der Waals surface area contributed by atoms with Crippen molar-refractivity contribution in [3.05, 3.63) is 95.7 Å². The zero-order chi connectivity index (χ0) is 26.6. The predicted octanol–water partition coefficient (Wildman–Crippen LogP) is 5.24. The number of nitrogens with one attached hydrogen (secondary N) is 1. The zero-order valence-electron chi connectivity index (χ0n) is 20.5. The number of hydrogen-bond donors (Lipinski definition) is 1. The highest BCUT2D eigenvalue weighted by atomic mass is 32.2. The summed E-state index contributed by atoms with van der Waals surface area (Å²) in [6.07, 6.45) is 1.76. The Morgan fingerprint density at radius 1 is 0.868 bits per heavy atom. The van der Waals surface area contributed by atoms with E-state index in [0.717, 1.165) is 27.9 Å². The van der Waals surface area contributed by atoms with Gasteiger partial charge in [-0.1, -0.05) is 18.2 Å². The van der Waals surface area contributed by atoms with Gasteiger partial charge in [0.1, 0.15) is 5.75 Å². The molecule has 0 aliphatic carbocycles. The Kier molecular flexibility index (Phi) is 7.41. The minimum absolute atomic E-state index is 0.0775. The number of hydrogen-bond acceptors (Lipinski definition) is 6. The Balaban J connectivity index is 1.23. The molecule has 0 atom stereocenters. The number of piperazine rings is 1. The van der Waals surface area contributed by atoms with Crippen LogP contribution in [0.4, 0.5) is 14.5 Å². The van der Waals surface area contributed by atoms with Crippen molar-refractivity contribution in [2.75, 3.05) is 38.0 Å². The second kappa shape index (κ2) is 11.1. The number of rotatable bonds is 6. The molecule has 2 heterocycles. The molecule has 5 rings (SSSR count). The van der Waals surface area contributed by atoms with Crippen molar-refractivity contribution in [2.24, 2.45) is 0 Å². The highest BCUT2D eigenvalue weighted by Crippen LogP contribution is 2.33. The number of para-hydroxylation sites is 1. The van der Waals surface area contributed by atoms with Crippen LogP contribution in [0.1, 0.15) is 20.7 Å². The lowest BCUT2D eigenvalue weighted by atomic mass is 10.1. The molecule has 1 fully saturated rings. The Labute approximate surface area is 222 Å². The number of ether oxygens (including phenoxy) is 1. The maximum atomic E-state index is 13.5. The first kappa shape index (κ1) is 25.5. The van der Waals surface area contributed by atoms with E-state index in [1.807, 2.05) is 30.3 Å². The Hall–Kier alpha value is -4.18. The van der Waals surface area contributed by atoms with Gasteiger partial charge in [-0.3, -0.25) is 14.6 Å². The van der Waals surface area contributed by atoms with Crippen molar-refractivity contribution in [1.29, 1.82) is 0 Å². The van der Waals surface area contributed by atoms with E-state index >= 15 is 0 Å². The van der Waals surface area contributed by atoms with E-state index in [1.54, 1.807) is 36.4 Å². The molecular weight excluding hydrogens is 510 g/mol. The summed E-state index contributed by atoms with van der Waals surface area (Å²) in [5.74, 6) is -2.13. The molecule has 1 aliphatic heterocycles. The first-order valence-corrected chi connectivity index (χ1v) is 12.7. The molecule has 10 heteroatoms. The summed E-state index contributed by atoms with van der Waals surface area (Å²) in [7, 11) is 1.54. The molecule has 0 bridgehead atoms. The fourth-order valence-electron chi connectivity index (χ4n) is 4.28. The monoisotopic (exact) mass is 534 g/mol. The first-order chi connectivity index (χ1) is 18.4. The molecule has 7 nitrogen and oxygen atoms in total. The number of halogens is 2. The standard InChI is InChI=1S/C28H24F2N4O3S/c1-37-24-17-20(8-10-23(24)32-38-25-6-2-4-18-5-3-11-31-26(18)25)28(36)34-14-12-33(13-15-34)27(35)19-7-9-21(29)22(30)16-19/h2-11,16-17,32H,12-15H2,1H3. The van der Waals surface area contributed by atoms with Crippen LogP contribution in [0.5, 0.6) is 5.75 Å². The molecule has 1 aromatic heterocycles. The number of carbonyl (C=O) groups excluding carboxylic acids is 2. The Bertz CT molecular complexity index is 1500. The summed E-state index contributed by atoms with van der Waals surface area (Å²) in [6.45, 7) is 1.22. The number of benzene rings is 3. The topological polar surface area (TPSA) is 74.8 Å². The summed E-state index contributed by atoms with van der Waals surface area (Å²) in [5.41, 5.74) is 2.14. The second-order valence-corrected chi connectivity index (χ2v) is 9.51. The fraction of sp³-hybridized carbons (Fsp3) is 0.179. The average molecular weight is 535 g/mol. The highest BCUT2D eigenvalue weighted by Gasteiger charge is 2.26. The molecule has 38 heavy (non-hydrogen) atoms. The largest absolute Gasteiger partial charge is 0.495 e. The van der Waals surface area contributed by atoms with Gasteiger partial charge in [0.15, 0.2) is 11.6 Å². The van der Waals surface area contributed by atoms with E-state index in [-0.39, 0.29) is 24.6 Å². The number of fused-ring (bicyclic) bond motifs is 1. The van der Waals surface area contributed by atoms with Crippen molar-refractivity contribution in [1.82, 2.24) is 14.8 Å². The van der Waals surface area contributed by atoms with Crippen LogP contribution in [0, 0.1) is 11.6 Å². The van der Waals surface area contributed by atoms with Gasteiger partial charge < -0.3 is 19.3 Å². The molecule has 0 saturated carbocycles. The van der Waals surface area contributed by atoms with Crippen LogP contribution in [0.15, 0.2) is 77.8 Å². The molecule has 0 spiro atoms. The molecule has 4 aromatic rings. The minimum Gasteiger partial charge on any atom is -0.495 e. The minimum atomic E-state index is -1.07. The normalized spacial score (nSPS) is 13.4. The maximum Gasteiger partial charge on any atom is 0.254 e. The van der Waals surface area contributed by atoms with E-state index in [2.05, 4.69) is 9.71 Å². The van der Waals surface area contributed by atoms with Crippen molar-refractivity contribution in [3.8, 4) is 5.75 Å². The zero-order valence-corrected chi connectivity index (χ0v) is 21.3. The van der Waals surface area contributed by atoms with Crippen molar-refractivity contribution >= 4 is 40.4 Å². The summed E-state index contributed by atoms with van der Waals surface area (Å²) in [5, 5.41) is 1.04. The van der Waals surface area contributed by atoms with Crippen LogP contribution in [-0.4, -0.2) is 59.9 Å². The van der Waals surface area contributed by atoms with E-state index in [9.17, 15) is 18.4 Å². The third-order valence-electron chi connectivity index (χ3n) is 6.34. The van der Waals surface area contributed by atoms with E-state index in [1.165, 1.54) is 22.9 Å². The van der Waals surface area contributed by atoms with Crippen molar-refractivity contribution in [2.45, 2.75) is 4.90 Å². The maximum absolute atomic E-state index is 13.5. The fourth-order valence-corrected chi connectivity index (χ4v) is 5.09. The lowest BCUT2D eigenvalue weighted by Gasteiger charge is -2.35. The van der Waals surface area contributed by atoms with Gasteiger partial charge in [0.25, 0.3) is 11.8 Å². The SMILES string of the molecule is COc1cc(C(=O)N2CCN(C(=O)c3ccc(F)c(F)c3)CC2)ccc1NSc1cccc2cccnc12. The number of anilines is 1. The van der Waals surface area contributed by atoms with Gasteiger partial charge in [-0.05, 0) is 60.5 Å². The quantitative estimate of drug-likeness (QED) is 0.341. The summed E-state index contributed by atoms with van der Waals surface area (Å²) < 4.78 is 35.6. The lowest BCUT2D eigenvalue weighted by molar-refractivity contribution is 0.0535. The third-order valence-corrected chi connectivity index (χ3v) is 7.21. The molecule has 1 saturated heterocycles. The molecule has 1 aliphatic rings. The number of pyridine rings is 1. The van der Waals surface area contributed by atoms with Gasteiger partial charge in [0.05, 0.1) is 23.2 Å². The first-order valence-electron chi connectivity index (χ1n) is 11.9. The van der Waals surface area contributed by atoms with Gasteiger partial charge in [0, 0.05) is 48.9 Å². The van der Waals surface area contributed by atoms with E-state index in [4.69, 9.17) is 4.74 Å². The van der Waals surface area contributed by atoms with Gasteiger partial charge in [-0.25, -0.2) is 8.78 Å². The second-order valence-electron chi connectivity index (χ2n) is 8.66. The number of aromatic nitrogens is 1. The van der Waals surface area contributed by atoms with Crippen LogP contribution in [-0.2, 0) is 0 Å². The molecular formula is C28H24F2N4O3S. The molecule has 0 radical (unpaired) electrons. The van der Waals surface area contributed by atoms with Crippen molar-refractivity contribution in [3.63, 3.8) is 0 Å². The Morgan fingerprint density at radius 3 is 2.21 bits per heavy atom. The highest BCUT2D eigenvalue weighted by molar-refractivity contribution is 8.00. The lowest BCUT2D eigenvalue weighted by Crippen LogP contribution is -2.50. The average Bonchev–Trinajstić information content (AvgIpc) is 2.96. The smallest absolute Gasteiger partial charge is 0.254 e. The van der Waals surface area contributed by atoms with Crippen LogP contribution < -0.4 is 9.46 Å². The van der Waals surface area contributed by atoms with Crippen LogP contribution in [0.3, 0.4) is 0 Å². The molecule has 1 N–H and O–H groups in total. The van der Waals surface area contributed by atoms with Crippen LogP contribution in [0.25, 0.3) is 10.9 Å². The molecule has 3 aromatic carbocycles. The summed E-state index contributed by atoms with van der Waals surface area (Å²) >= 11 is 1.41. The number of amides is 2. The van der Waals surface area contributed by atoms with E-state index in [0.29, 0.717) is 30.1 Å². The van der Waals surface area contributed by atoms with Crippen molar-refractivity contribution < 1.29 is 23.1 Å². The number of carbonyl (C=O) groups is 2.